The molecule has 0 heterocycles. The molecule has 0 spiro atoms. The normalized spacial score (nSPS) is 10.7. The summed E-state index contributed by atoms with van der Waals surface area (Å²) in [4.78, 5) is 0. The van der Waals surface area contributed by atoms with Gasteiger partial charge in [-0.1, -0.05) is 0 Å². The molecule has 0 radical (unpaired) electrons. The molecule has 0 unspecified atom stereocenters. The first-order valence-corrected chi connectivity index (χ1v) is 3.35. The highest BCUT2D eigenvalue weighted by molar-refractivity contribution is 5.22. The van der Waals surface area contributed by atoms with E-state index in [1.165, 1.54) is 25.3 Å². The van der Waals surface area contributed by atoms with Gasteiger partial charge in [-0.25, -0.2) is 0 Å². The van der Waals surface area contributed by atoms with Crippen LogP contribution in [0, 0.1) is 11.9 Å². The van der Waals surface area contributed by atoms with Crippen LogP contribution in [0.1, 0.15) is 5.56 Å². The van der Waals surface area contributed by atoms with Crippen LogP contribution < -0.4 is 0 Å². The molecule has 2 nitrogen and oxygen atoms in total. The molecule has 0 amide bonds. The van der Waals surface area contributed by atoms with Crippen LogP contribution >= 0.6 is 0 Å². The van der Waals surface area contributed by atoms with E-state index in [1.54, 1.807) is 6.07 Å². The molecule has 0 aliphatic heterocycles. The Hall–Kier alpha value is -1.60. The number of benzene rings is 1. The van der Waals surface area contributed by atoms with Gasteiger partial charge in [-0.3, -0.25) is 0 Å². The lowest BCUT2D eigenvalue weighted by molar-refractivity contribution is 0.134. The molecular formula is C9H8FO2+. The molecule has 62 valence electrons. The Morgan fingerprint density at radius 3 is 2.92 bits per heavy atom. The van der Waals surface area contributed by atoms with E-state index < -0.39 is 0 Å². The number of aliphatic hydroxyl groups is 1. The molecule has 0 bridgehead atoms. The zero-order valence-corrected chi connectivity index (χ0v) is 6.54. The maximum Gasteiger partial charge on any atom is 0.400 e. The highest BCUT2D eigenvalue weighted by Crippen LogP contribution is 2.04. The Bertz CT molecular complexity index is 294. The molecule has 0 atom stereocenters. The van der Waals surface area contributed by atoms with Gasteiger partial charge in [0.05, 0.1) is 19.2 Å². The summed E-state index contributed by atoms with van der Waals surface area (Å²) < 4.78 is 17.0. The van der Waals surface area contributed by atoms with Crippen molar-refractivity contribution >= 4 is 0 Å². The predicted octanol–water partition coefficient (Wildman–Crippen LogP) is 2.02. The summed E-state index contributed by atoms with van der Waals surface area (Å²) in [6.07, 6.45) is 2.44. The molecule has 0 aromatic heterocycles. The lowest BCUT2D eigenvalue weighted by Crippen LogP contribution is -1.86. The van der Waals surface area contributed by atoms with E-state index in [0.717, 1.165) is 0 Å². The first kappa shape index (κ1) is 8.50. The summed E-state index contributed by atoms with van der Waals surface area (Å²) in [5, 5.41) is 8.86. The van der Waals surface area contributed by atoms with Gasteiger partial charge in [0.2, 0.25) is 0 Å². The second kappa shape index (κ2) is 3.69. The van der Waals surface area contributed by atoms with E-state index in [2.05, 4.69) is 10.8 Å². The topological polar surface area (TPSA) is 29.5 Å². The van der Waals surface area contributed by atoms with Crippen molar-refractivity contribution in [3.63, 3.8) is 0 Å². The molecule has 1 rings (SSSR count). The first-order chi connectivity index (χ1) is 5.72. The van der Waals surface area contributed by atoms with E-state index in [0.29, 0.717) is 5.56 Å². The second-order valence-electron chi connectivity index (χ2n) is 2.14. The van der Waals surface area contributed by atoms with Crippen molar-refractivity contribution in [1.82, 2.24) is 0 Å². The van der Waals surface area contributed by atoms with Crippen LogP contribution in [0.4, 0.5) is 4.39 Å². The van der Waals surface area contributed by atoms with Gasteiger partial charge in [-0.05, 0) is 6.07 Å². The summed E-state index contributed by atoms with van der Waals surface area (Å²) in [5.41, 5.74) is 0.439. The smallest absolute Gasteiger partial charge is 0.400 e. The van der Waals surface area contributed by atoms with Crippen LogP contribution in [0.15, 0.2) is 30.2 Å². The lowest BCUT2D eigenvalue weighted by Gasteiger charge is -1.88. The Morgan fingerprint density at radius 2 is 2.33 bits per heavy atom. The van der Waals surface area contributed by atoms with E-state index in [1.807, 2.05) is 0 Å². The number of aliphatic hydroxyl groups excluding tert-OH is 1. The lowest BCUT2D eigenvalue weighted by atomic mass is 10.2. The van der Waals surface area contributed by atoms with Gasteiger partial charge in [0, 0.05) is 6.07 Å². The maximum atomic E-state index is 12.5. The molecule has 0 fully saturated rings. The minimum absolute atomic E-state index is 0.361. The second-order valence-corrected chi connectivity index (χ2v) is 2.14. The molecule has 1 aromatic rings. The third-order valence-electron chi connectivity index (χ3n) is 1.27. The van der Waals surface area contributed by atoms with Gasteiger partial charge in [0.15, 0.2) is 11.4 Å². The van der Waals surface area contributed by atoms with Crippen molar-refractivity contribution in [2.75, 3.05) is 7.11 Å². The van der Waals surface area contributed by atoms with Crippen LogP contribution in [-0.2, 0) is 4.74 Å². The number of hydrogen-bond donors (Lipinski definition) is 1. The van der Waals surface area contributed by atoms with Crippen LogP contribution in [0.5, 0.6) is 0 Å². The van der Waals surface area contributed by atoms with Gasteiger partial charge in [0.1, 0.15) is 6.08 Å². The van der Waals surface area contributed by atoms with Crippen molar-refractivity contribution in [2.24, 2.45) is 0 Å². The number of hydrogen-bond acceptors (Lipinski definition) is 2. The standard InChI is InChI=1S/C9H7FO2/c1-12-9(11)6-7-3-2-4-8(10)5-7/h2-5H,1H3/p+1. The Labute approximate surface area is 69.9 Å². The van der Waals surface area contributed by atoms with Crippen LogP contribution in [0.2, 0.25) is 0 Å². The maximum absolute atomic E-state index is 12.5. The average Bonchev–Trinajstić information content (AvgIpc) is 2.04. The third-order valence-corrected chi connectivity index (χ3v) is 1.27. The number of halogens is 1. The Morgan fingerprint density at radius 1 is 1.58 bits per heavy atom. The highest BCUT2D eigenvalue weighted by atomic mass is 19.1. The first-order valence-electron chi connectivity index (χ1n) is 3.35. The van der Waals surface area contributed by atoms with E-state index in [-0.39, 0.29) is 11.8 Å². The van der Waals surface area contributed by atoms with Gasteiger partial charge in [-0.2, -0.15) is 4.39 Å². The van der Waals surface area contributed by atoms with E-state index >= 15 is 0 Å². The zero-order valence-electron chi connectivity index (χ0n) is 6.54. The van der Waals surface area contributed by atoms with Crippen molar-refractivity contribution in [3.8, 4) is 0 Å². The number of methoxy groups -OCH3 is 1. The van der Waals surface area contributed by atoms with Gasteiger partial charge < -0.3 is 9.84 Å². The molecule has 0 saturated carbocycles. The highest BCUT2D eigenvalue weighted by Gasteiger charge is 2.05. The summed E-state index contributed by atoms with van der Waals surface area (Å²) >= 11 is 0. The number of ether oxygens (including phenoxy) is 1. The van der Waals surface area contributed by atoms with Crippen molar-refractivity contribution in [3.05, 3.63) is 47.7 Å². The van der Waals surface area contributed by atoms with Crippen molar-refractivity contribution in [2.45, 2.75) is 0 Å². The van der Waals surface area contributed by atoms with E-state index in [4.69, 9.17) is 5.11 Å². The van der Waals surface area contributed by atoms with Crippen LogP contribution in [0.3, 0.4) is 0 Å². The fourth-order valence-corrected chi connectivity index (χ4v) is 0.741. The summed E-state index contributed by atoms with van der Waals surface area (Å²) in [7, 11) is 1.31. The van der Waals surface area contributed by atoms with Crippen molar-refractivity contribution < 1.29 is 14.2 Å². The fourth-order valence-electron chi connectivity index (χ4n) is 0.741. The molecule has 0 saturated heterocycles. The zero-order chi connectivity index (χ0) is 8.97. The number of rotatable bonds is 2. The molecular weight excluding hydrogens is 159 g/mol. The summed E-state index contributed by atoms with van der Waals surface area (Å²) in [5.74, 6) is -0.732. The fraction of sp³-hybridized carbons (Fsp3) is 0.111. The minimum atomic E-state index is -0.371. The predicted molar refractivity (Wildman–Crippen MR) is 41.9 cm³/mol. The monoisotopic (exact) mass is 167 g/mol. The molecule has 1 aromatic carbocycles. The largest absolute Gasteiger partial charge is 0.464 e. The van der Waals surface area contributed by atoms with Crippen LogP contribution in [-0.4, -0.2) is 12.2 Å². The molecule has 1 N–H and O–H groups in total. The summed E-state index contributed by atoms with van der Waals surface area (Å²) in [6, 6.07) is 5.70. The van der Waals surface area contributed by atoms with Crippen LogP contribution in [0.25, 0.3) is 0 Å². The van der Waals surface area contributed by atoms with E-state index in [9.17, 15) is 4.39 Å². The minimum Gasteiger partial charge on any atom is -0.464 e. The van der Waals surface area contributed by atoms with Gasteiger partial charge in [0.25, 0.3) is 0 Å². The Balaban J connectivity index is 2.89. The molecule has 12 heavy (non-hydrogen) atoms. The Kier molecular flexibility index (Phi) is 2.62. The molecule has 0 aliphatic carbocycles. The van der Waals surface area contributed by atoms with Crippen molar-refractivity contribution in [1.29, 1.82) is 0 Å². The molecule has 0 aliphatic rings. The molecule has 3 heteroatoms. The quantitative estimate of drug-likeness (QED) is 0.539. The van der Waals surface area contributed by atoms with Gasteiger partial charge in [-0.15, -0.1) is 0 Å². The average molecular weight is 167 g/mol. The summed E-state index contributed by atoms with van der Waals surface area (Å²) in [6.45, 7) is 0. The van der Waals surface area contributed by atoms with Gasteiger partial charge >= 0.3 is 5.95 Å². The SMILES string of the molecule is COC(O)=[C+]c1cccc(F)c1. The third kappa shape index (κ3) is 2.22.